The highest BCUT2D eigenvalue weighted by molar-refractivity contribution is 6.46. The summed E-state index contributed by atoms with van der Waals surface area (Å²) in [5.74, 6) is -0.148. The van der Waals surface area contributed by atoms with Crippen LogP contribution in [0.2, 0.25) is 5.02 Å². The van der Waals surface area contributed by atoms with Crippen LogP contribution in [0.3, 0.4) is 0 Å². The molecule has 6 nitrogen and oxygen atoms in total. The fourth-order valence-corrected chi connectivity index (χ4v) is 3.93. The Labute approximate surface area is 198 Å². The first-order chi connectivity index (χ1) is 15.8. The first-order valence-electron chi connectivity index (χ1n) is 10.4. The van der Waals surface area contributed by atoms with E-state index in [-0.39, 0.29) is 5.70 Å². The van der Waals surface area contributed by atoms with Crippen molar-refractivity contribution in [3.63, 3.8) is 0 Å². The number of carbonyl (C=O) groups is 2. The Morgan fingerprint density at radius 3 is 2.15 bits per heavy atom. The van der Waals surface area contributed by atoms with Gasteiger partial charge >= 0.3 is 0 Å². The topological polar surface area (TPSA) is 61.9 Å². The lowest BCUT2D eigenvalue weighted by atomic mass is 10.0. The minimum absolute atomic E-state index is 0.215. The number of benzene rings is 3. The van der Waals surface area contributed by atoms with Crippen molar-refractivity contribution in [3.05, 3.63) is 88.6 Å². The van der Waals surface area contributed by atoms with E-state index in [0.29, 0.717) is 33.3 Å². The van der Waals surface area contributed by atoms with Crippen LogP contribution in [0.15, 0.2) is 72.4 Å². The van der Waals surface area contributed by atoms with Crippen LogP contribution in [0, 0.1) is 6.92 Å². The summed E-state index contributed by atoms with van der Waals surface area (Å²) in [5, 5.41) is 3.79. The molecule has 7 heteroatoms. The number of ether oxygens (including phenoxy) is 1. The average molecular weight is 462 g/mol. The minimum Gasteiger partial charge on any atom is -0.497 e. The van der Waals surface area contributed by atoms with E-state index in [9.17, 15) is 9.59 Å². The summed E-state index contributed by atoms with van der Waals surface area (Å²) >= 11 is 6.09. The molecule has 0 bridgehead atoms. The quantitative estimate of drug-likeness (QED) is 0.516. The van der Waals surface area contributed by atoms with Crippen molar-refractivity contribution in [1.82, 2.24) is 0 Å². The highest BCUT2D eigenvalue weighted by Crippen LogP contribution is 2.35. The zero-order valence-corrected chi connectivity index (χ0v) is 19.6. The van der Waals surface area contributed by atoms with Gasteiger partial charge in [0.25, 0.3) is 11.8 Å². The second kappa shape index (κ2) is 9.00. The number of hydrogen-bond acceptors (Lipinski definition) is 5. The zero-order valence-electron chi connectivity index (χ0n) is 18.8. The monoisotopic (exact) mass is 461 g/mol. The number of anilines is 3. The van der Waals surface area contributed by atoms with Crippen molar-refractivity contribution in [1.29, 1.82) is 0 Å². The predicted octanol–water partition coefficient (Wildman–Crippen LogP) is 5.12. The van der Waals surface area contributed by atoms with Crippen molar-refractivity contribution >= 4 is 46.1 Å². The van der Waals surface area contributed by atoms with Gasteiger partial charge in [0.15, 0.2) is 0 Å². The molecule has 0 saturated carbocycles. The van der Waals surface area contributed by atoms with E-state index in [2.05, 4.69) is 5.32 Å². The smallest absolute Gasteiger partial charge is 0.282 e. The molecule has 1 N–H and O–H groups in total. The summed E-state index contributed by atoms with van der Waals surface area (Å²) in [6.45, 7) is 1.89. The minimum atomic E-state index is -0.419. The molecular formula is C26H24ClN3O3. The van der Waals surface area contributed by atoms with Gasteiger partial charge in [0, 0.05) is 30.5 Å². The third-order valence-electron chi connectivity index (χ3n) is 5.54. The molecule has 3 aromatic rings. The Hall–Kier alpha value is -3.77. The summed E-state index contributed by atoms with van der Waals surface area (Å²) in [6, 6.07) is 19.7. The van der Waals surface area contributed by atoms with Gasteiger partial charge in [-0.25, -0.2) is 4.90 Å². The van der Waals surface area contributed by atoms with Gasteiger partial charge in [-0.1, -0.05) is 23.7 Å². The van der Waals surface area contributed by atoms with Crippen molar-refractivity contribution in [2.24, 2.45) is 0 Å². The van der Waals surface area contributed by atoms with Crippen LogP contribution in [0.25, 0.3) is 5.57 Å². The summed E-state index contributed by atoms with van der Waals surface area (Å²) in [4.78, 5) is 30.3. The van der Waals surface area contributed by atoms with Crippen LogP contribution in [-0.4, -0.2) is 33.0 Å². The Morgan fingerprint density at radius 2 is 1.58 bits per heavy atom. The standard InChI is InChI=1S/C26H24ClN3O3/c1-16-15-18(27)7-14-22(16)28-24-23(17-5-12-21(33-4)13-6-17)25(31)30(26(24)32)20-10-8-19(9-11-20)29(2)3/h5-15,28H,1-4H3. The highest BCUT2D eigenvalue weighted by Gasteiger charge is 2.40. The van der Waals surface area contributed by atoms with Crippen LogP contribution < -0.4 is 19.9 Å². The number of rotatable bonds is 6. The van der Waals surface area contributed by atoms with E-state index < -0.39 is 11.8 Å². The first kappa shape index (κ1) is 22.4. The molecule has 1 heterocycles. The molecular weight excluding hydrogens is 438 g/mol. The number of aryl methyl sites for hydroxylation is 1. The van der Waals surface area contributed by atoms with E-state index in [1.165, 1.54) is 4.90 Å². The molecule has 1 aliphatic rings. The number of carbonyl (C=O) groups excluding carboxylic acids is 2. The molecule has 168 valence electrons. The van der Waals surface area contributed by atoms with Gasteiger partial charge < -0.3 is 15.0 Å². The van der Waals surface area contributed by atoms with Gasteiger partial charge in [-0.2, -0.15) is 0 Å². The molecule has 1 aliphatic heterocycles. The summed E-state index contributed by atoms with van der Waals surface area (Å²) < 4.78 is 5.24. The number of imide groups is 1. The maximum absolute atomic E-state index is 13.6. The van der Waals surface area contributed by atoms with Gasteiger partial charge in [-0.3, -0.25) is 9.59 Å². The molecule has 2 amide bonds. The Bertz CT molecular complexity index is 1250. The molecule has 4 rings (SSSR count). The lowest BCUT2D eigenvalue weighted by Crippen LogP contribution is -2.32. The number of amides is 2. The molecule has 0 aromatic heterocycles. The fourth-order valence-electron chi connectivity index (χ4n) is 3.71. The van der Waals surface area contributed by atoms with E-state index in [0.717, 1.165) is 11.3 Å². The summed E-state index contributed by atoms with van der Waals surface area (Å²) in [5.41, 5.74) is 4.17. The molecule has 0 atom stereocenters. The lowest BCUT2D eigenvalue weighted by Gasteiger charge is -2.18. The number of hydrogen-bond donors (Lipinski definition) is 1. The second-order valence-electron chi connectivity index (χ2n) is 7.92. The maximum Gasteiger partial charge on any atom is 0.282 e. The van der Waals surface area contributed by atoms with Crippen molar-refractivity contribution in [3.8, 4) is 5.75 Å². The molecule has 0 radical (unpaired) electrons. The van der Waals surface area contributed by atoms with Crippen molar-refractivity contribution in [2.75, 3.05) is 36.3 Å². The lowest BCUT2D eigenvalue weighted by molar-refractivity contribution is -0.120. The summed E-state index contributed by atoms with van der Waals surface area (Å²) in [7, 11) is 5.44. The van der Waals surface area contributed by atoms with Crippen LogP contribution in [0.5, 0.6) is 5.75 Å². The Morgan fingerprint density at radius 1 is 0.909 bits per heavy atom. The fraction of sp³-hybridized carbons (Fsp3) is 0.154. The van der Waals surface area contributed by atoms with Crippen molar-refractivity contribution in [2.45, 2.75) is 6.92 Å². The van der Waals surface area contributed by atoms with Crippen molar-refractivity contribution < 1.29 is 14.3 Å². The van der Waals surface area contributed by atoms with Crippen LogP contribution >= 0.6 is 11.6 Å². The van der Waals surface area contributed by atoms with E-state index in [4.69, 9.17) is 16.3 Å². The Balaban J connectivity index is 1.79. The van der Waals surface area contributed by atoms with Gasteiger partial charge in [0.1, 0.15) is 11.4 Å². The maximum atomic E-state index is 13.6. The number of nitrogens with one attached hydrogen (secondary N) is 1. The number of halogens is 1. The SMILES string of the molecule is COc1ccc(C2=C(Nc3ccc(Cl)cc3C)C(=O)N(c3ccc(N(C)C)cc3)C2=O)cc1. The normalized spacial score (nSPS) is 13.5. The van der Waals surface area contributed by atoms with Crippen LogP contribution in [0.1, 0.15) is 11.1 Å². The molecule has 0 saturated heterocycles. The van der Waals surface area contributed by atoms with Gasteiger partial charge in [0.05, 0.1) is 18.4 Å². The van der Waals surface area contributed by atoms with E-state index >= 15 is 0 Å². The number of methoxy groups -OCH3 is 1. The van der Waals surface area contributed by atoms with Crippen LogP contribution in [0.4, 0.5) is 17.1 Å². The van der Waals surface area contributed by atoms with Gasteiger partial charge in [0.2, 0.25) is 0 Å². The molecule has 0 aliphatic carbocycles. The molecule has 3 aromatic carbocycles. The van der Waals surface area contributed by atoms with E-state index in [1.807, 2.05) is 38.1 Å². The first-order valence-corrected chi connectivity index (χ1v) is 10.8. The third-order valence-corrected chi connectivity index (χ3v) is 5.77. The van der Waals surface area contributed by atoms with Gasteiger partial charge in [-0.15, -0.1) is 0 Å². The second-order valence-corrected chi connectivity index (χ2v) is 8.36. The largest absolute Gasteiger partial charge is 0.497 e. The number of nitrogens with zero attached hydrogens (tertiary/aromatic N) is 2. The molecule has 0 unspecified atom stereocenters. The zero-order chi connectivity index (χ0) is 23.7. The molecule has 0 fully saturated rings. The summed E-state index contributed by atoms with van der Waals surface area (Å²) in [6.07, 6.45) is 0. The van der Waals surface area contributed by atoms with Gasteiger partial charge in [-0.05, 0) is 72.6 Å². The third kappa shape index (κ3) is 4.30. The average Bonchev–Trinajstić information content (AvgIpc) is 3.05. The molecule has 0 spiro atoms. The predicted molar refractivity (Wildman–Crippen MR) is 133 cm³/mol. The Kier molecular flexibility index (Phi) is 6.11. The van der Waals surface area contributed by atoms with E-state index in [1.54, 1.807) is 61.7 Å². The highest BCUT2D eigenvalue weighted by atomic mass is 35.5. The van der Waals surface area contributed by atoms with Crippen LogP contribution in [-0.2, 0) is 9.59 Å². The molecule has 33 heavy (non-hydrogen) atoms.